The first-order valence-electron chi connectivity index (χ1n) is 5.20. The van der Waals surface area contributed by atoms with Crippen LogP contribution in [0.3, 0.4) is 0 Å². The number of thioether (sulfide) groups is 1. The maximum atomic E-state index is 4.46. The summed E-state index contributed by atoms with van der Waals surface area (Å²) >= 11 is 5.93. The van der Waals surface area contributed by atoms with Gasteiger partial charge in [0.2, 0.25) is 0 Å². The molecule has 0 saturated carbocycles. The van der Waals surface area contributed by atoms with Crippen molar-refractivity contribution in [2.75, 3.05) is 11.5 Å². The van der Waals surface area contributed by atoms with Gasteiger partial charge in [-0.3, -0.25) is 0 Å². The topological polar surface area (TPSA) is 25.8 Å². The molecule has 15 heavy (non-hydrogen) atoms. The summed E-state index contributed by atoms with van der Waals surface area (Å²) in [5.74, 6) is 2.05. The Morgan fingerprint density at radius 3 is 2.20 bits per heavy atom. The van der Waals surface area contributed by atoms with Crippen LogP contribution in [-0.2, 0) is 0 Å². The molecule has 0 aliphatic heterocycles. The summed E-state index contributed by atoms with van der Waals surface area (Å²) in [5.41, 5.74) is 3.40. The Morgan fingerprint density at radius 1 is 1.07 bits per heavy atom. The largest absolute Gasteiger partial charge is 0.228 e. The predicted molar refractivity (Wildman–Crippen MR) is 70.1 cm³/mol. The number of aromatic nitrogens is 2. The standard InChI is InChI=1S/C11H18N2S2/c1-8-9(2)12-11(13-10(8)3)15-7-5-4-6-14/h14H,4-7H2,1-3H3. The van der Waals surface area contributed by atoms with E-state index in [-0.39, 0.29) is 0 Å². The number of hydrogen-bond donors (Lipinski definition) is 1. The highest BCUT2D eigenvalue weighted by atomic mass is 32.2. The van der Waals surface area contributed by atoms with Gasteiger partial charge in [-0.05, 0) is 44.9 Å². The monoisotopic (exact) mass is 242 g/mol. The van der Waals surface area contributed by atoms with Crippen LogP contribution in [0.15, 0.2) is 5.16 Å². The molecule has 0 aliphatic carbocycles. The Hall–Kier alpha value is -0.220. The maximum Gasteiger partial charge on any atom is 0.187 e. The first kappa shape index (κ1) is 12.8. The molecule has 0 N–H and O–H groups in total. The lowest BCUT2D eigenvalue weighted by Crippen LogP contribution is -1.98. The molecule has 0 atom stereocenters. The molecule has 0 aromatic carbocycles. The summed E-state index contributed by atoms with van der Waals surface area (Å²) < 4.78 is 0. The molecule has 2 nitrogen and oxygen atoms in total. The van der Waals surface area contributed by atoms with Gasteiger partial charge in [-0.25, -0.2) is 9.97 Å². The highest BCUT2D eigenvalue weighted by Crippen LogP contribution is 2.18. The van der Waals surface area contributed by atoms with Crippen LogP contribution in [-0.4, -0.2) is 21.5 Å². The van der Waals surface area contributed by atoms with Crippen LogP contribution in [0.1, 0.15) is 29.8 Å². The van der Waals surface area contributed by atoms with Gasteiger partial charge < -0.3 is 0 Å². The van der Waals surface area contributed by atoms with Crippen molar-refractivity contribution in [3.63, 3.8) is 0 Å². The number of thiol groups is 1. The molecule has 0 amide bonds. The third-order valence-electron chi connectivity index (χ3n) is 2.40. The van der Waals surface area contributed by atoms with Crippen molar-refractivity contribution in [1.29, 1.82) is 0 Å². The van der Waals surface area contributed by atoms with Crippen molar-refractivity contribution in [3.05, 3.63) is 17.0 Å². The van der Waals surface area contributed by atoms with Crippen LogP contribution in [0.5, 0.6) is 0 Å². The van der Waals surface area contributed by atoms with Gasteiger partial charge in [0.1, 0.15) is 0 Å². The van der Waals surface area contributed by atoms with E-state index < -0.39 is 0 Å². The molecule has 0 radical (unpaired) electrons. The first-order chi connectivity index (χ1) is 7.15. The highest BCUT2D eigenvalue weighted by molar-refractivity contribution is 7.99. The van der Waals surface area contributed by atoms with Crippen molar-refractivity contribution in [1.82, 2.24) is 9.97 Å². The Balaban J connectivity index is 2.55. The van der Waals surface area contributed by atoms with E-state index in [9.17, 15) is 0 Å². The van der Waals surface area contributed by atoms with Gasteiger partial charge in [-0.15, -0.1) is 0 Å². The molecule has 1 aromatic heterocycles. The van der Waals surface area contributed by atoms with Gasteiger partial charge in [-0.2, -0.15) is 12.6 Å². The second-order valence-electron chi connectivity index (χ2n) is 3.58. The first-order valence-corrected chi connectivity index (χ1v) is 6.82. The third kappa shape index (κ3) is 4.03. The van der Waals surface area contributed by atoms with Crippen LogP contribution < -0.4 is 0 Å². The third-order valence-corrected chi connectivity index (χ3v) is 3.65. The average molecular weight is 242 g/mol. The van der Waals surface area contributed by atoms with Crippen molar-refractivity contribution in [2.24, 2.45) is 0 Å². The van der Waals surface area contributed by atoms with Crippen molar-refractivity contribution < 1.29 is 0 Å². The Bertz CT molecular complexity index is 303. The second kappa shape index (κ2) is 6.38. The van der Waals surface area contributed by atoms with Crippen molar-refractivity contribution in [3.8, 4) is 0 Å². The molecule has 0 bridgehead atoms. The van der Waals surface area contributed by atoms with E-state index in [0.717, 1.165) is 28.0 Å². The average Bonchev–Trinajstić information content (AvgIpc) is 2.21. The van der Waals surface area contributed by atoms with Crippen LogP contribution in [0.2, 0.25) is 0 Å². The van der Waals surface area contributed by atoms with E-state index in [1.54, 1.807) is 11.8 Å². The van der Waals surface area contributed by atoms with E-state index in [4.69, 9.17) is 0 Å². The number of rotatable bonds is 5. The molecule has 0 fully saturated rings. The fourth-order valence-electron chi connectivity index (χ4n) is 1.18. The maximum absolute atomic E-state index is 4.46. The van der Waals surface area contributed by atoms with Gasteiger partial charge in [0.05, 0.1) is 0 Å². The number of aryl methyl sites for hydroxylation is 2. The fraction of sp³-hybridized carbons (Fsp3) is 0.636. The molecule has 1 aromatic rings. The molecule has 1 rings (SSSR count). The molecule has 0 aliphatic rings. The van der Waals surface area contributed by atoms with Gasteiger partial charge in [0, 0.05) is 17.1 Å². The fourth-order valence-corrected chi connectivity index (χ4v) is 2.34. The summed E-state index contributed by atoms with van der Waals surface area (Å²) in [6, 6.07) is 0. The van der Waals surface area contributed by atoms with E-state index in [1.807, 2.05) is 13.8 Å². The molecule has 84 valence electrons. The minimum Gasteiger partial charge on any atom is -0.228 e. The molecular formula is C11H18N2S2. The lowest BCUT2D eigenvalue weighted by Gasteiger charge is -2.06. The smallest absolute Gasteiger partial charge is 0.187 e. The van der Waals surface area contributed by atoms with Crippen molar-refractivity contribution >= 4 is 24.4 Å². The molecular weight excluding hydrogens is 224 g/mol. The zero-order valence-electron chi connectivity index (χ0n) is 9.58. The molecule has 0 spiro atoms. The van der Waals surface area contributed by atoms with E-state index >= 15 is 0 Å². The van der Waals surface area contributed by atoms with Gasteiger partial charge in [0.25, 0.3) is 0 Å². The molecule has 1 heterocycles. The minimum atomic E-state index is 0.912. The van der Waals surface area contributed by atoms with Crippen LogP contribution in [0.4, 0.5) is 0 Å². The lowest BCUT2D eigenvalue weighted by atomic mass is 10.2. The summed E-state index contributed by atoms with van der Waals surface area (Å²) in [6.45, 7) is 6.16. The number of hydrogen-bond acceptors (Lipinski definition) is 4. The normalized spacial score (nSPS) is 10.7. The second-order valence-corrected chi connectivity index (χ2v) is 5.09. The van der Waals surface area contributed by atoms with Gasteiger partial charge in [0.15, 0.2) is 5.16 Å². The Labute approximate surface area is 102 Å². The van der Waals surface area contributed by atoms with Crippen LogP contribution >= 0.6 is 24.4 Å². The van der Waals surface area contributed by atoms with E-state index in [2.05, 4.69) is 29.5 Å². The van der Waals surface area contributed by atoms with Crippen LogP contribution in [0.25, 0.3) is 0 Å². The van der Waals surface area contributed by atoms with Crippen LogP contribution in [0, 0.1) is 20.8 Å². The molecule has 4 heteroatoms. The lowest BCUT2D eigenvalue weighted by molar-refractivity contribution is 0.868. The Morgan fingerprint density at radius 2 is 1.67 bits per heavy atom. The zero-order valence-corrected chi connectivity index (χ0v) is 11.3. The quantitative estimate of drug-likeness (QED) is 0.371. The molecule has 0 saturated heterocycles. The molecule has 0 unspecified atom stereocenters. The SMILES string of the molecule is Cc1nc(SCCCCS)nc(C)c1C. The van der Waals surface area contributed by atoms with E-state index in [0.29, 0.717) is 0 Å². The predicted octanol–water partition coefficient (Wildman–Crippen LogP) is 3.20. The summed E-state index contributed by atoms with van der Waals surface area (Å²) in [7, 11) is 0. The summed E-state index contributed by atoms with van der Waals surface area (Å²) in [5, 5.41) is 0.912. The Kier molecular flexibility index (Phi) is 5.47. The van der Waals surface area contributed by atoms with E-state index in [1.165, 1.54) is 18.4 Å². The zero-order chi connectivity index (χ0) is 11.3. The number of unbranched alkanes of at least 4 members (excludes halogenated alkanes) is 1. The van der Waals surface area contributed by atoms with Gasteiger partial charge >= 0.3 is 0 Å². The van der Waals surface area contributed by atoms with Crippen molar-refractivity contribution in [2.45, 2.75) is 38.8 Å². The highest BCUT2D eigenvalue weighted by Gasteiger charge is 2.04. The van der Waals surface area contributed by atoms with Gasteiger partial charge in [-0.1, -0.05) is 11.8 Å². The summed E-state index contributed by atoms with van der Waals surface area (Å²) in [6.07, 6.45) is 2.35. The summed E-state index contributed by atoms with van der Waals surface area (Å²) in [4.78, 5) is 8.93. The minimum absolute atomic E-state index is 0.912. The number of nitrogens with zero attached hydrogens (tertiary/aromatic N) is 2.